The Morgan fingerprint density at radius 1 is 1.10 bits per heavy atom. The molecule has 0 saturated carbocycles. The van der Waals surface area contributed by atoms with E-state index < -0.39 is 10.4 Å². The minimum atomic E-state index is -1.28. The fraction of sp³-hybridized carbons (Fsp3) is 0.500. The second-order valence-electron chi connectivity index (χ2n) is 6.42. The fourth-order valence-electron chi connectivity index (χ4n) is 2.58. The molecule has 29 heavy (non-hydrogen) atoms. The van der Waals surface area contributed by atoms with Crippen molar-refractivity contribution in [1.82, 2.24) is 26.3 Å². The van der Waals surface area contributed by atoms with Gasteiger partial charge in [0.25, 0.3) is 17.7 Å². The van der Waals surface area contributed by atoms with Crippen molar-refractivity contribution in [3.05, 3.63) is 34.2 Å². The molecule has 1 unspecified atom stereocenters. The molecule has 0 spiro atoms. The van der Waals surface area contributed by atoms with Gasteiger partial charge in [-0.3, -0.25) is 14.4 Å². The first-order chi connectivity index (χ1) is 13.9. The average molecular weight is 535 g/mol. The molecule has 1 aromatic rings. The number of carbonyl (C=O) groups excluding carboxylic acids is 3. The summed E-state index contributed by atoms with van der Waals surface area (Å²) in [5.41, 5.74) is 0.712. The van der Waals surface area contributed by atoms with Gasteiger partial charge in [0.15, 0.2) is 0 Å². The van der Waals surface area contributed by atoms with Crippen molar-refractivity contribution < 1.29 is 19.1 Å². The molecule has 0 aliphatic carbocycles. The van der Waals surface area contributed by atoms with E-state index in [4.69, 9.17) is 4.74 Å². The molecule has 11 heteroatoms. The maximum absolute atomic E-state index is 12.0. The van der Waals surface area contributed by atoms with Gasteiger partial charge in [0.2, 0.25) is 4.51 Å². The maximum atomic E-state index is 12.0. The van der Waals surface area contributed by atoms with Crippen molar-refractivity contribution in [2.45, 2.75) is 23.8 Å². The Morgan fingerprint density at radius 2 is 1.76 bits per heavy atom. The van der Waals surface area contributed by atoms with Gasteiger partial charge in [-0.1, -0.05) is 0 Å². The van der Waals surface area contributed by atoms with Gasteiger partial charge in [-0.2, -0.15) is 0 Å². The molecular weight excluding hydrogens is 510 g/mol. The number of hydrogen-bond donors (Lipinski definition) is 5. The summed E-state index contributed by atoms with van der Waals surface area (Å²) in [6.07, 6.45) is 5.66. The standard InChI is InChI=1S/C18H25Br2N5O4/c1-29-18(20)10-14(25-17(18)28)16(27)22-7-3-2-5-21-6-4-8-23-15(26)13-9-12(19)11-24-13/h9-11,21,24H,2-8H2,1H3,(H,22,27)(H,23,26)(H,25,28). The summed E-state index contributed by atoms with van der Waals surface area (Å²) in [7, 11) is 1.38. The number of amides is 3. The van der Waals surface area contributed by atoms with Gasteiger partial charge in [0.1, 0.15) is 11.4 Å². The van der Waals surface area contributed by atoms with Crippen molar-refractivity contribution in [3.63, 3.8) is 0 Å². The number of H-pyrrole nitrogens is 1. The Labute approximate surface area is 186 Å². The van der Waals surface area contributed by atoms with Crippen LogP contribution in [0.5, 0.6) is 0 Å². The molecular formula is C18H25Br2N5O4. The minimum absolute atomic E-state index is 0.123. The first-order valence-corrected chi connectivity index (χ1v) is 10.8. The normalized spacial score (nSPS) is 18.3. The third-order valence-electron chi connectivity index (χ3n) is 4.20. The topological polar surface area (TPSA) is 124 Å². The number of carbonyl (C=O) groups is 3. The zero-order valence-electron chi connectivity index (χ0n) is 16.1. The van der Waals surface area contributed by atoms with Gasteiger partial charge in [-0.25, -0.2) is 0 Å². The van der Waals surface area contributed by atoms with Crippen molar-refractivity contribution in [3.8, 4) is 0 Å². The van der Waals surface area contributed by atoms with E-state index in [2.05, 4.69) is 58.1 Å². The van der Waals surface area contributed by atoms with Crippen LogP contribution in [0, 0.1) is 0 Å². The highest BCUT2D eigenvalue weighted by Crippen LogP contribution is 2.27. The predicted octanol–water partition coefficient (Wildman–Crippen LogP) is 1.13. The molecule has 0 aromatic carbocycles. The fourth-order valence-corrected chi connectivity index (χ4v) is 3.25. The molecule has 1 aromatic heterocycles. The van der Waals surface area contributed by atoms with Crippen molar-refractivity contribution >= 4 is 49.6 Å². The SMILES string of the molecule is COC1(Br)C=C(C(=O)NCCCCNCCCNC(=O)c2cc(Br)c[nH]2)NC1=O. The molecule has 0 radical (unpaired) electrons. The third-order valence-corrected chi connectivity index (χ3v) is 5.57. The van der Waals surface area contributed by atoms with Crippen LogP contribution in [0.3, 0.4) is 0 Å². The maximum Gasteiger partial charge on any atom is 0.272 e. The molecule has 0 fully saturated rings. The van der Waals surface area contributed by atoms with E-state index in [-0.39, 0.29) is 17.5 Å². The largest absolute Gasteiger partial charge is 0.356 e. The summed E-state index contributed by atoms with van der Waals surface area (Å²) >= 11 is 6.43. The van der Waals surface area contributed by atoms with Crippen LogP contribution in [0.4, 0.5) is 0 Å². The Balaban J connectivity index is 1.46. The van der Waals surface area contributed by atoms with Crippen LogP contribution in [0.1, 0.15) is 29.8 Å². The molecule has 1 atom stereocenters. The number of rotatable bonds is 12. The zero-order chi connectivity index (χ0) is 21.3. The van der Waals surface area contributed by atoms with Crippen LogP contribution >= 0.6 is 31.9 Å². The molecule has 0 bridgehead atoms. The van der Waals surface area contributed by atoms with Gasteiger partial charge < -0.3 is 31.0 Å². The van der Waals surface area contributed by atoms with Crippen LogP contribution in [-0.4, -0.2) is 60.5 Å². The lowest BCUT2D eigenvalue weighted by Crippen LogP contribution is -2.37. The Hall–Kier alpha value is -1.69. The van der Waals surface area contributed by atoms with Crippen molar-refractivity contribution in [2.24, 2.45) is 0 Å². The summed E-state index contributed by atoms with van der Waals surface area (Å²) < 4.78 is 4.61. The molecule has 9 nitrogen and oxygen atoms in total. The second kappa shape index (κ2) is 11.5. The van der Waals surface area contributed by atoms with Crippen LogP contribution in [-0.2, 0) is 14.3 Å². The van der Waals surface area contributed by atoms with E-state index >= 15 is 0 Å². The van der Waals surface area contributed by atoms with E-state index in [1.807, 2.05) is 0 Å². The lowest BCUT2D eigenvalue weighted by atomic mass is 10.3. The number of methoxy groups -OCH3 is 1. The monoisotopic (exact) mass is 533 g/mol. The average Bonchev–Trinajstić information content (AvgIpc) is 3.26. The molecule has 2 rings (SSSR count). The Morgan fingerprint density at radius 3 is 2.41 bits per heavy atom. The van der Waals surface area contributed by atoms with Gasteiger partial charge in [0, 0.05) is 30.9 Å². The number of aromatic nitrogens is 1. The molecule has 3 amide bonds. The minimum Gasteiger partial charge on any atom is -0.356 e. The number of nitrogens with one attached hydrogen (secondary N) is 5. The van der Waals surface area contributed by atoms with Gasteiger partial charge in [0.05, 0.1) is 0 Å². The predicted molar refractivity (Wildman–Crippen MR) is 115 cm³/mol. The van der Waals surface area contributed by atoms with Crippen LogP contribution in [0.15, 0.2) is 28.5 Å². The number of ether oxygens (including phenoxy) is 1. The summed E-state index contributed by atoms with van der Waals surface area (Å²) in [6, 6.07) is 1.73. The quantitative estimate of drug-likeness (QED) is 0.203. The Kier molecular flexibility index (Phi) is 9.34. The lowest BCUT2D eigenvalue weighted by molar-refractivity contribution is -0.129. The highest BCUT2D eigenvalue weighted by Gasteiger charge is 2.41. The van der Waals surface area contributed by atoms with Crippen LogP contribution < -0.4 is 21.3 Å². The molecule has 160 valence electrons. The lowest BCUT2D eigenvalue weighted by Gasteiger charge is -2.13. The summed E-state index contributed by atoms with van der Waals surface area (Å²) in [6.45, 7) is 2.72. The number of unbranched alkanes of at least 4 members (excludes halogenated alkanes) is 1. The smallest absolute Gasteiger partial charge is 0.272 e. The third kappa shape index (κ3) is 7.25. The molecule has 1 aliphatic rings. The van der Waals surface area contributed by atoms with Crippen LogP contribution in [0.2, 0.25) is 0 Å². The first kappa shape index (κ1) is 23.6. The Bertz CT molecular complexity index is 767. The molecule has 2 heterocycles. The molecule has 1 aliphatic heterocycles. The first-order valence-electron chi connectivity index (χ1n) is 9.25. The molecule has 5 N–H and O–H groups in total. The van der Waals surface area contributed by atoms with Crippen molar-refractivity contribution in [1.29, 1.82) is 0 Å². The second-order valence-corrected chi connectivity index (χ2v) is 8.51. The van der Waals surface area contributed by atoms with E-state index in [0.29, 0.717) is 18.8 Å². The van der Waals surface area contributed by atoms with E-state index in [1.165, 1.54) is 13.2 Å². The van der Waals surface area contributed by atoms with Crippen LogP contribution in [0.25, 0.3) is 0 Å². The molecule has 0 saturated heterocycles. The van der Waals surface area contributed by atoms with Crippen molar-refractivity contribution in [2.75, 3.05) is 33.3 Å². The number of alkyl halides is 1. The van der Waals surface area contributed by atoms with E-state index in [1.54, 1.807) is 12.3 Å². The van der Waals surface area contributed by atoms with E-state index in [0.717, 1.165) is 36.8 Å². The van der Waals surface area contributed by atoms with Gasteiger partial charge in [-0.05, 0) is 76.4 Å². The zero-order valence-corrected chi connectivity index (χ0v) is 19.2. The highest BCUT2D eigenvalue weighted by molar-refractivity contribution is 9.10. The van der Waals surface area contributed by atoms with E-state index in [9.17, 15) is 14.4 Å². The summed E-state index contributed by atoms with van der Waals surface area (Å²) in [5.74, 6) is -0.886. The van der Waals surface area contributed by atoms with Gasteiger partial charge >= 0.3 is 0 Å². The summed E-state index contributed by atoms with van der Waals surface area (Å²) in [5, 5.41) is 11.4. The highest BCUT2D eigenvalue weighted by atomic mass is 79.9. The van der Waals surface area contributed by atoms with Gasteiger partial charge in [-0.15, -0.1) is 0 Å². The number of hydrogen-bond acceptors (Lipinski definition) is 5. The number of aromatic amines is 1. The number of halogens is 2. The summed E-state index contributed by atoms with van der Waals surface area (Å²) in [4.78, 5) is 38.5.